The van der Waals surface area contributed by atoms with Gasteiger partial charge in [0, 0.05) is 11.6 Å². The zero-order chi connectivity index (χ0) is 15.2. The van der Waals surface area contributed by atoms with E-state index in [9.17, 15) is 13.6 Å². The van der Waals surface area contributed by atoms with Crippen LogP contribution in [0.1, 0.15) is 30.1 Å². The van der Waals surface area contributed by atoms with Crippen molar-refractivity contribution in [1.29, 1.82) is 0 Å². The van der Waals surface area contributed by atoms with E-state index in [-0.39, 0.29) is 17.7 Å². The number of nitrogens with one attached hydrogen (secondary N) is 2. The normalized spacial score (nSPS) is 17.5. The molecule has 1 aromatic rings. The minimum Gasteiger partial charge on any atom is -0.435 e. The number of carbonyl (C=O) groups excluding carboxylic acids is 1. The van der Waals surface area contributed by atoms with Gasteiger partial charge in [0.15, 0.2) is 0 Å². The summed E-state index contributed by atoms with van der Waals surface area (Å²) in [6, 6.07) is 5.90. The molecule has 1 unspecified atom stereocenters. The maximum Gasteiger partial charge on any atom is 0.387 e. The van der Waals surface area contributed by atoms with Crippen LogP contribution >= 0.6 is 0 Å². The van der Waals surface area contributed by atoms with Crippen LogP contribution in [-0.2, 0) is 0 Å². The van der Waals surface area contributed by atoms with Crippen molar-refractivity contribution in [3.8, 4) is 5.75 Å². The van der Waals surface area contributed by atoms with Gasteiger partial charge in [0.1, 0.15) is 5.75 Å². The fourth-order valence-corrected chi connectivity index (χ4v) is 2.57. The summed E-state index contributed by atoms with van der Waals surface area (Å²) in [4.78, 5) is 12.2. The summed E-state index contributed by atoms with van der Waals surface area (Å²) < 4.78 is 28.7. The van der Waals surface area contributed by atoms with Gasteiger partial charge in [-0.3, -0.25) is 4.79 Å². The van der Waals surface area contributed by atoms with Crippen molar-refractivity contribution in [2.24, 2.45) is 5.92 Å². The fraction of sp³-hybridized carbons (Fsp3) is 0.533. The molecule has 0 spiro atoms. The van der Waals surface area contributed by atoms with E-state index in [0.29, 0.717) is 11.5 Å². The third-order valence-corrected chi connectivity index (χ3v) is 3.77. The van der Waals surface area contributed by atoms with Gasteiger partial charge < -0.3 is 15.4 Å². The molecule has 1 atom stereocenters. The molecule has 0 saturated carbocycles. The van der Waals surface area contributed by atoms with E-state index in [4.69, 9.17) is 0 Å². The highest BCUT2D eigenvalue weighted by atomic mass is 19.3. The minimum absolute atomic E-state index is 0.00725. The summed E-state index contributed by atoms with van der Waals surface area (Å²) in [7, 11) is 0. The van der Waals surface area contributed by atoms with E-state index in [1.807, 2.05) is 6.92 Å². The monoisotopic (exact) mass is 298 g/mol. The highest BCUT2D eigenvalue weighted by Gasteiger charge is 2.21. The topological polar surface area (TPSA) is 50.4 Å². The summed E-state index contributed by atoms with van der Waals surface area (Å²) in [5, 5.41) is 6.22. The van der Waals surface area contributed by atoms with Crippen molar-refractivity contribution in [1.82, 2.24) is 10.6 Å². The first-order valence-electron chi connectivity index (χ1n) is 7.12. The van der Waals surface area contributed by atoms with Crippen molar-refractivity contribution in [3.05, 3.63) is 29.8 Å². The van der Waals surface area contributed by atoms with Gasteiger partial charge in [0.25, 0.3) is 5.91 Å². The van der Waals surface area contributed by atoms with Crippen molar-refractivity contribution in [3.63, 3.8) is 0 Å². The van der Waals surface area contributed by atoms with Crippen molar-refractivity contribution in [2.75, 3.05) is 13.1 Å². The standard InChI is InChI=1S/C15H20F2N2O2/c1-10(11-5-7-18-8-6-11)19-14(20)12-3-2-4-13(9-12)21-15(16)17/h2-4,9-11,15,18H,5-8H2,1H3,(H,19,20). The lowest BCUT2D eigenvalue weighted by Crippen LogP contribution is -2.42. The maximum absolute atomic E-state index is 12.2. The van der Waals surface area contributed by atoms with E-state index in [0.717, 1.165) is 25.9 Å². The van der Waals surface area contributed by atoms with E-state index in [1.54, 1.807) is 6.07 Å². The quantitative estimate of drug-likeness (QED) is 0.877. The average Bonchev–Trinajstić information content (AvgIpc) is 2.47. The van der Waals surface area contributed by atoms with E-state index >= 15 is 0 Å². The molecule has 1 aliphatic heterocycles. The van der Waals surface area contributed by atoms with Gasteiger partial charge in [-0.25, -0.2) is 0 Å². The summed E-state index contributed by atoms with van der Waals surface area (Å²) in [5.74, 6) is 0.170. The number of hydrogen-bond donors (Lipinski definition) is 2. The Morgan fingerprint density at radius 2 is 2.10 bits per heavy atom. The molecule has 1 saturated heterocycles. The van der Waals surface area contributed by atoms with Crippen LogP contribution in [0.2, 0.25) is 0 Å². The first-order valence-corrected chi connectivity index (χ1v) is 7.12. The second-order valence-electron chi connectivity index (χ2n) is 5.26. The van der Waals surface area contributed by atoms with Crippen molar-refractivity contribution < 1.29 is 18.3 Å². The van der Waals surface area contributed by atoms with Crippen LogP contribution in [-0.4, -0.2) is 31.7 Å². The lowest BCUT2D eigenvalue weighted by atomic mass is 9.91. The lowest BCUT2D eigenvalue weighted by Gasteiger charge is -2.28. The minimum atomic E-state index is -2.89. The largest absolute Gasteiger partial charge is 0.435 e. The number of ether oxygens (including phenoxy) is 1. The number of rotatable bonds is 5. The number of amides is 1. The Hall–Kier alpha value is -1.69. The molecular formula is C15H20F2N2O2. The van der Waals surface area contributed by atoms with Gasteiger partial charge in [-0.2, -0.15) is 8.78 Å². The molecule has 2 N–H and O–H groups in total. The number of carbonyl (C=O) groups is 1. The fourth-order valence-electron chi connectivity index (χ4n) is 2.57. The Morgan fingerprint density at radius 1 is 1.38 bits per heavy atom. The Morgan fingerprint density at radius 3 is 2.76 bits per heavy atom. The Kier molecular flexibility index (Phi) is 5.50. The molecule has 1 amide bonds. The third-order valence-electron chi connectivity index (χ3n) is 3.77. The van der Waals surface area contributed by atoms with Crippen LogP contribution in [0.3, 0.4) is 0 Å². The Labute approximate surface area is 122 Å². The molecule has 0 bridgehead atoms. The zero-order valence-electron chi connectivity index (χ0n) is 11.9. The smallest absolute Gasteiger partial charge is 0.387 e. The zero-order valence-corrected chi connectivity index (χ0v) is 11.9. The van der Waals surface area contributed by atoms with Crippen LogP contribution < -0.4 is 15.4 Å². The summed E-state index contributed by atoms with van der Waals surface area (Å²) >= 11 is 0. The average molecular weight is 298 g/mol. The lowest BCUT2D eigenvalue weighted by molar-refractivity contribution is -0.0498. The molecule has 1 fully saturated rings. The Bertz CT molecular complexity index is 476. The first-order chi connectivity index (χ1) is 10.1. The van der Waals surface area contributed by atoms with Crippen LogP contribution in [0.15, 0.2) is 24.3 Å². The highest BCUT2D eigenvalue weighted by molar-refractivity contribution is 5.94. The maximum atomic E-state index is 12.2. The molecule has 0 aromatic heterocycles. The van der Waals surface area contributed by atoms with Crippen molar-refractivity contribution in [2.45, 2.75) is 32.4 Å². The van der Waals surface area contributed by atoms with Gasteiger partial charge in [-0.05, 0) is 57.0 Å². The molecule has 0 radical (unpaired) electrons. The van der Waals surface area contributed by atoms with Crippen LogP contribution in [0.5, 0.6) is 5.75 Å². The van der Waals surface area contributed by atoms with Gasteiger partial charge in [-0.15, -0.1) is 0 Å². The molecule has 21 heavy (non-hydrogen) atoms. The molecule has 0 aliphatic carbocycles. The molecule has 6 heteroatoms. The van der Waals surface area contributed by atoms with Gasteiger partial charge in [0.2, 0.25) is 0 Å². The molecule has 1 aliphatic rings. The summed E-state index contributed by atoms with van der Waals surface area (Å²) in [6.07, 6.45) is 2.05. The SMILES string of the molecule is CC(NC(=O)c1cccc(OC(F)F)c1)C1CCNCC1. The number of piperidine rings is 1. The predicted octanol–water partition coefficient (Wildman–Crippen LogP) is 2.41. The van der Waals surface area contributed by atoms with E-state index in [1.165, 1.54) is 18.2 Å². The third kappa shape index (κ3) is 4.67. The molecule has 1 aromatic carbocycles. The summed E-state index contributed by atoms with van der Waals surface area (Å²) in [5.41, 5.74) is 0.328. The molecule has 116 valence electrons. The second-order valence-corrected chi connectivity index (χ2v) is 5.26. The number of benzene rings is 1. The predicted molar refractivity (Wildman–Crippen MR) is 75.6 cm³/mol. The Balaban J connectivity index is 1.95. The van der Waals surface area contributed by atoms with Crippen molar-refractivity contribution >= 4 is 5.91 Å². The highest BCUT2D eigenvalue weighted by Crippen LogP contribution is 2.18. The van der Waals surface area contributed by atoms with Crippen LogP contribution in [0.25, 0.3) is 0 Å². The second kappa shape index (κ2) is 7.36. The van der Waals surface area contributed by atoms with Crippen LogP contribution in [0, 0.1) is 5.92 Å². The molecule has 1 heterocycles. The molecule has 4 nitrogen and oxygen atoms in total. The molecule has 2 rings (SSSR count). The van der Waals surface area contributed by atoms with E-state index < -0.39 is 6.61 Å². The van der Waals surface area contributed by atoms with Crippen LogP contribution in [0.4, 0.5) is 8.78 Å². The molecular weight excluding hydrogens is 278 g/mol. The van der Waals surface area contributed by atoms with Gasteiger partial charge >= 0.3 is 6.61 Å². The van der Waals surface area contributed by atoms with Gasteiger partial charge in [0.05, 0.1) is 0 Å². The van der Waals surface area contributed by atoms with E-state index in [2.05, 4.69) is 15.4 Å². The summed E-state index contributed by atoms with van der Waals surface area (Å²) in [6.45, 7) is 1.01. The number of hydrogen-bond acceptors (Lipinski definition) is 3. The first kappa shape index (κ1) is 15.7. The number of halogens is 2. The van der Waals surface area contributed by atoms with Gasteiger partial charge in [-0.1, -0.05) is 6.07 Å². The number of alkyl halides is 2.